The molecular weight excluding hydrogens is 396 g/mol. The summed E-state index contributed by atoms with van der Waals surface area (Å²) in [6, 6.07) is 14.0. The zero-order valence-electron chi connectivity index (χ0n) is 16.0. The van der Waals surface area contributed by atoms with Crippen molar-refractivity contribution in [2.45, 2.75) is 31.4 Å². The largest absolute Gasteiger partial charge is 0.449 e. The van der Waals surface area contributed by atoms with Crippen LogP contribution in [0.5, 0.6) is 0 Å². The van der Waals surface area contributed by atoms with Crippen LogP contribution in [-0.4, -0.2) is 38.2 Å². The predicted octanol–water partition coefficient (Wildman–Crippen LogP) is 2.05. The number of carbonyl (C=O) groups excluding carboxylic acids is 3. The Balaban J connectivity index is 1.96. The van der Waals surface area contributed by atoms with Gasteiger partial charge in [0, 0.05) is 6.54 Å². The molecule has 1 atom stereocenters. The number of nitrogens with one attached hydrogen (secondary N) is 2. The van der Waals surface area contributed by atoms with Crippen LogP contribution in [0.15, 0.2) is 59.5 Å². The molecule has 2 N–H and O–H groups in total. The minimum Gasteiger partial charge on any atom is -0.449 e. The predicted molar refractivity (Wildman–Crippen MR) is 106 cm³/mol. The normalized spacial score (nSPS) is 11.9. The maximum atomic E-state index is 12.4. The van der Waals surface area contributed by atoms with Crippen molar-refractivity contribution < 1.29 is 27.5 Å². The standard InChI is InChI=1S/C20H22N2O6S/c1-3-29(26,27)17-12-8-7-11-16(17)19(24)28-14(2)18(23)22-20(25)21-13-15-9-5-4-6-10-15/h4-12,14H,3,13H2,1-2H3,(H2,21,22,23,25). The third-order valence-corrected chi connectivity index (χ3v) is 5.79. The van der Waals surface area contributed by atoms with Crippen molar-refractivity contribution in [2.24, 2.45) is 0 Å². The average molecular weight is 418 g/mol. The van der Waals surface area contributed by atoms with Crippen molar-refractivity contribution >= 4 is 27.7 Å². The van der Waals surface area contributed by atoms with E-state index in [4.69, 9.17) is 4.74 Å². The second kappa shape index (κ2) is 9.83. The van der Waals surface area contributed by atoms with Crippen LogP contribution in [0.25, 0.3) is 0 Å². The van der Waals surface area contributed by atoms with Gasteiger partial charge in [-0.15, -0.1) is 0 Å². The van der Waals surface area contributed by atoms with E-state index in [1.165, 1.54) is 38.1 Å². The molecule has 9 heteroatoms. The number of sulfone groups is 1. The lowest BCUT2D eigenvalue weighted by atomic mass is 10.2. The Hall–Kier alpha value is -3.20. The average Bonchev–Trinajstić information content (AvgIpc) is 2.72. The first-order valence-corrected chi connectivity index (χ1v) is 10.5. The molecule has 0 saturated carbocycles. The number of ether oxygens (including phenoxy) is 1. The van der Waals surface area contributed by atoms with Gasteiger partial charge in [0.15, 0.2) is 15.9 Å². The Morgan fingerprint density at radius 3 is 2.28 bits per heavy atom. The molecule has 2 aromatic carbocycles. The van der Waals surface area contributed by atoms with E-state index < -0.39 is 33.8 Å². The molecule has 0 aliphatic carbocycles. The Morgan fingerprint density at radius 1 is 1.00 bits per heavy atom. The molecule has 0 aromatic heterocycles. The van der Waals surface area contributed by atoms with Crippen molar-refractivity contribution in [1.82, 2.24) is 10.6 Å². The fraction of sp³-hybridized carbons (Fsp3) is 0.250. The van der Waals surface area contributed by atoms with Crippen LogP contribution in [0.2, 0.25) is 0 Å². The highest BCUT2D eigenvalue weighted by molar-refractivity contribution is 7.91. The highest BCUT2D eigenvalue weighted by Gasteiger charge is 2.25. The molecule has 0 spiro atoms. The molecule has 3 amide bonds. The first-order valence-electron chi connectivity index (χ1n) is 8.90. The first kappa shape index (κ1) is 22.1. The molecular formula is C20H22N2O6S. The van der Waals surface area contributed by atoms with Gasteiger partial charge in [0.2, 0.25) is 0 Å². The number of esters is 1. The van der Waals surface area contributed by atoms with Gasteiger partial charge >= 0.3 is 12.0 Å². The van der Waals surface area contributed by atoms with E-state index in [0.717, 1.165) is 5.56 Å². The Morgan fingerprint density at radius 2 is 1.62 bits per heavy atom. The third kappa shape index (κ3) is 6.15. The number of urea groups is 1. The fourth-order valence-corrected chi connectivity index (χ4v) is 3.46. The molecule has 0 aliphatic rings. The maximum absolute atomic E-state index is 12.4. The van der Waals surface area contributed by atoms with Crippen LogP contribution < -0.4 is 10.6 Å². The highest BCUT2D eigenvalue weighted by atomic mass is 32.2. The summed E-state index contributed by atoms with van der Waals surface area (Å²) in [7, 11) is -3.65. The lowest BCUT2D eigenvalue weighted by Crippen LogP contribution is -2.44. The summed E-state index contributed by atoms with van der Waals surface area (Å²) < 4.78 is 29.3. The molecule has 0 heterocycles. The van der Waals surface area contributed by atoms with E-state index >= 15 is 0 Å². The van der Waals surface area contributed by atoms with Gasteiger partial charge in [-0.1, -0.05) is 49.4 Å². The van der Waals surface area contributed by atoms with Gasteiger partial charge < -0.3 is 10.1 Å². The van der Waals surface area contributed by atoms with Gasteiger partial charge in [-0.3, -0.25) is 10.1 Å². The van der Waals surface area contributed by atoms with Crippen LogP contribution in [0, 0.1) is 0 Å². The molecule has 0 bridgehead atoms. The zero-order chi connectivity index (χ0) is 21.4. The lowest BCUT2D eigenvalue weighted by Gasteiger charge is -2.15. The minimum atomic E-state index is -3.65. The third-order valence-electron chi connectivity index (χ3n) is 4.01. The van der Waals surface area contributed by atoms with Gasteiger partial charge in [-0.25, -0.2) is 18.0 Å². The van der Waals surface area contributed by atoms with Crippen molar-refractivity contribution in [1.29, 1.82) is 0 Å². The molecule has 0 saturated heterocycles. The van der Waals surface area contributed by atoms with E-state index in [1.807, 2.05) is 30.3 Å². The zero-order valence-corrected chi connectivity index (χ0v) is 16.9. The van der Waals surface area contributed by atoms with E-state index in [0.29, 0.717) is 0 Å². The van der Waals surface area contributed by atoms with Gasteiger partial charge in [0.1, 0.15) is 0 Å². The van der Waals surface area contributed by atoms with Crippen molar-refractivity contribution in [3.8, 4) is 0 Å². The molecule has 29 heavy (non-hydrogen) atoms. The van der Waals surface area contributed by atoms with E-state index in [9.17, 15) is 22.8 Å². The minimum absolute atomic E-state index is 0.164. The van der Waals surface area contributed by atoms with Crippen LogP contribution in [-0.2, 0) is 25.9 Å². The SMILES string of the molecule is CCS(=O)(=O)c1ccccc1C(=O)OC(C)C(=O)NC(=O)NCc1ccccc1. The lowest BCUT2D eigenvalue weighted by molar-refractivity contribution is -0.127. The summed E-state index contributed by atoms with van der Waals surface area (Å²) in [6.45, 7) is 2.96. The number of hydrogen-bond donors (Lipinski definition) is 2. The van der Waals surface area contributed by atoms with Crippen LogP contribution in [0.1, 0.15) is 29.8 Å². The van der Waals surface area contributed by atoms with E-state index in [1.54, 1.807) is 0 Å². The Labute approximate surface area is 169 Å². The second-order valence-electron chi connectivity index (χ2n) is 6.10. The van der Waals surface area contributed by atoms with Gasteiger partial charge in [0.05, 0.1) is 16.2 Å². The number of rotatable bonds is 7. The second-order valence-corrected chi connectivity index (χ2v) is 8.35. The molecule has 154 valence electrons. The number of imide groups is 1. The molecule has 2 rings (SSSR count). The number of carbonyl (C=O) groups is 3. The topological polar surface area (TPSA) is 119 Å². The summed E-state index contributed by atoms with van der Waals surface area (Å²) in [5.74, 6) is -1.99. The number of hydrogen-bond acceptors (Lipinski definition) is 6. The molecule has 8 nitrogen and oxygen atoms in total. The Bertz CT molecular complexity index is 989. The van der Waals surface area contributed by atoms with Crippen molar-refractivity contribution in [3.05, 3.63) is 65.7 Å². The van der Waals surface area contributed by atoms with Crippen LogP contribution >= 0.6 is 0 Å². The smallest absolute Gasteiger partial charge is 0.340 e. The van der Waals surface area contributed by atoms with Crippen molar-refractivity contribution in [2.75, 3.05) is 5.75 Å². The summed E-state index contributed by atoms with van der Waals surface area (Å²) in [4.78, 5) is 36.2. The fourth-order valence-electron chi connectivity index (χ4n) is 2.38. The van der Waals surface area contributed by atoms with Gasteiger partial charge in [-0.2, -0.15) is 0 Å². The molecule has 1 unspecified atom stereocenters. The monoisotopic (exact) mass is 418 g/mol. The van der Waals surface area contributed by atoms with E-state index in [-0.39, 0.29) is 22.8 Å². The van der Waals surface area contributed by atoms with Crippen LogP contribution in [0.3, 0.4) is 0 Å². The molecule has 2 aromatic rings. The van der Waals surface area contributed by atoms with Gasteiger partial charge in [-0.05, 0) is 24.6 Å². The summed E-state index contributed by atoms with van der Waals surface area (Å²) >= 11 is 0. The Kier molecular flexibility index (Phi) is 7.49. The summed E-state index contributed by atoms with van der Waals surface area (Å²) in [5.41, 5.74) is 0.686. The number of benzene rings is 2. The molecule has 0 fully saturated rings. The molecule has 0 aliphatic heterocycles. The summed E-state index contributed by atoms with van der Waals surface area (Å²) in [5, 5.41) is 4.59. The quantitative estimate of drug-likeness (QED) is 0.665. The van der Waals surface area contributed by atoms with Crippen LogP contribution in [0.4, 0.5) is 4.79 Å². The van der Waals surface area contributed by atoms with Crippen molar-refractivity contribution in [3.63, 3.8) is 0 Å². The highest BCUT2D eigenvalue weighted by Crippen LogP contribution is 2.18. The summed E-state index contributed by atoms with van der Waals surface area (Å²) in [6.07, 6.45) is -1.30. The van der Waals surface area contributed by atoms with E-state index in [2.05, 4.69) is 10.6 Å². The van der Waals surface area contributed by atoms with Gasteiger partial charge in [0.25, 0.3) is 5.91 Å². The first-order chi connectivity index (χ1) is 13.7. The molecule has 0 radical (unpaired) electrons. The maximum Gasteiger partial charge on any atom is 0.340 e. The number of amides is 3.